The van der Waals surface area contributed by atoms with E-state index in [9.17, 15) is 4.79 Å². The van der Waals surface area contributed by atoms with Crippen LogP contribution in [0.3, 0.4) is 0 Å². The molecule has 0 fully saturated rings. The second-order valence-electron chi connectivity index (χ2n) is 8.43. The summed E-state index contributed by atoms with van der Waals surface area (Å²) in [6.45, 7) is 11.7. The van der Waals surface area contributed by atoms with Gasteiger partial charge in [-0.25, -0.2) is 0 Å². The molecule has 34 heavy (non-hydrogen) atoms. The first-order valence-corrected chi connectivity index (χ1v) is 12.4. The molecule has 0 saturated carbocycles. The van der Waals surface area contributed by atoms with Crippen LogP contribution in [0.15, 0.2) is 52.8 Å². The summed E-state index contributed by atoms with van der Waals surface area (Å²) in [6, 6.07) is 7.59. The first-order valence-electron chi connectivity index (χ1n) is 11.4. The number of nitrogens with zero attached hydrogens (tertiary/aromatic N) is 3. The number of thioether (sulfide) groups is 1. The zero-order valence-electron chi connectivity index (χ0n) is 19.7. The number of hydrogen-bond donors (Lipinski definition) is 1. The molecule has 0 spiro atoms. The highest BCUT2D eigenvalue weighted by molar-refractivity contribution is 7.99. The number of nitrogens with one attached hydrogen (secondary N) is 1. The Morgan fingerprint density at radius 3 is 2.74 bits per heavy atom. The zero-order chi connectivity index (χ0) is 24.1. The van der Waals surface area contributed by atoms with E-state index in [-0.39, 0.29) is 23.6 Å². The summed E-state index contributed by atoms with van der Waals surface area (Å²) < 4.78 is 18.9. The molecule has 3 heterocycles. The van der Waals surface area contributed by atoms with E-state index in [1.165, 1.54) is 11.8 Å². The molecule has 1 aromatic carbocycles. The lowest BCUT2D eigenvalue weighted by molar-refractivity contribution is -0.119. The Hall–Kier alpha value is -3.20. The van der Waals surface area contributed by atoms with Crippen molar-refractivity contribution >= 4 is 17.7 Å². The summed E-state index contributed by atoms with van der Waals surface area (Å²) >= 11 is 1.35. The SMILES string of the molecule is C=CCn1c(SCC(=O)N[C@H](c2ccc3c(c2)OCCCO3)C(C)C)nnc1-c1ccoc1C. The number of fused-ring (bicyclic) bond motifs is 1. The van der Waals surface area contributed by atoms with E-state index in [0.717, 1.165) is 34.8 Å². The monoisotopic (exact) mass is 482 g/mol. The van der Waals surface area contributed by atoms with Gasteiger partial charge in [0.25, 0.3) is 0 Å². The van der Waals surface area contributed by atoms with Crippen molar-refractivity contribution < 1.29 is 18.7 Å². The Morgan fingerprint density at radius 1 is 1.24 bits per heavy atom. The number of rotatable bonds is 9. The number of aryl methyl sites for hydroxylation is 1. The molecule has 180 valence electrons. The van der Waals surface area contributed by atoms with E-state index in [1.54, 1.807) is 12.3 Å². The van der Waals surface area contributed by atoms with Gasteiger partial charge in [-0.3, -0.25) is 9.36 Å². The molecule has 1 aliphatic rings. The van der Waals surface area contributed by atoms with Crippen LogP contribution >= 0.6 is 11.8 Å². The number of carbonyl (C=O) groups is 1. The smallest absolute Gasteiger partial charge is 0.230 e. The minimum Gasteiger partial charge on any atom is -0.490 e. The van der Waals surface area contributed by atoms with Crippen LogP contribution in [0.5, 0.6) is 11.5 Å². The van der Waals surface area contributed by atoms with Crippen molar-refractivity contribution in [2.24, 2.45) is 5.92 Å². The van der Waals surface area contributed by atoms with Crippen molar-refractivity contribution in [3.63, 3.8) is 0 Å². The van der Waals surface area contributed by atoms with Gasteiger partial charge in [-0.2, -0.15) is 0 Å². The van der Waals surface area contributed by atoms with Gasteiger partial charge in [-0.15, -0.1) is 16.8 Å². The van der Waals surface area contributed by atoms with Crippen LogP contribution in [-0.2, 0) is 11.3 Å². The third kappa shape index (κ3) is 5.30. The first kappa shape index (κ1) is 23.9. The number of allylic oxidation sites excluding steroid dienone is 1. The molecule has 1 amide bonds. The lowest BCUT2D eigenvalue weighted by Gasteiger charge is -2.24. The van der Waals surface area contributed by atoms with Crippen molar-refractivity contribution in [3.8, 4) is 22.9 Å². The van der Waals surface area contributed by atoms with Crippen LogP contribution in [0.2, 0.25) is 0 Å². The summed E-state index contributed by atoms with van der Waals surface area (Å²) in [4.78, 5) is 12.9. The van der Waals surface area contributed by atoms with Crippen LogP contribution in [0.4, 0.5) is 0 Å². The minimum absolute atomic E-state index is 0.0787. The van der Waals surface area contributed by atoms with Gasteiger partial charge < -0.3 is 19.2 Å². The predicted octanol–water partition coefficient (Wildman–Crippen LogP) is 4.80. The normalized spacial score (nSPS) is 14.0. The number of ether oxygens (including phenoxy) is 2. The van der Waals surface area contributed by atoms with Crippen LogP contribution in [0, 0.1) is 12.8 Å². The fourth-order valence-electron chi connectivity index (χ4n) is 3.86. The highest BCUT2D eigenvalue weighted by atomic mass is 32.2. The molecular formula is C25H30N4O4S. The Labute approximate surface area is 203 Å². The highest BCUT2D eigenvalue weighted by Gasteiger charge is 2.22. The Balaban J connectivity index is 1.46. The van der Waals surface area contributed by atoms with Gasteiger partial charge in [0, 0.05) is 13.0 Å². The molecule has 1 N–H and O–H groups in total. The third-order valence-corrected chi connectivity index (χ3v) is 6.54. The van der Waals surface area contributed by atoms with Crippen LogP contribution in [-0.4, -0.2) is 39.6 Å². The van der Waals surface area contributed by atoms with Crippen molar-refractivity contribution in [3.05, 3.63) is 54.5 Å². The fraction of sp³-hybridized carbons (Fsp3) is 0.400. The number of benzene rings is 1. The van der Waals surface area contributed by atoms with Gasteiger partial charge in [0.05, 0.1) is 36.8 Å². The molecule has 0 aliphatic carbocycles. The average molecular weight is 483 g/mol. The second kappa shape index (κ2) is 10.8. The molecule has 9 heteroatoms. The van der Waals surface area contributed by atoms with Crippen molar-refractivity contribution in [2.75, 3.05) is 19.0 Å². The second-order valence-corrected chi connectivity index (χ2v) is 9.37. The van der Waals surface area contributed by atoms with Crippen LogP contribution in [0.25, 0.3) is 11.4 Å². The molecule has 8 nitrogen and oxygen atoms in total. The molecule has 0 saturated heterocycles. The predicted molar refractivity (Wildman–Crippen MR) is 131 cm³/mol. The summed E-state index contributed by atoms with van der Waals surface area (Å²) in [7, 11) is 0. The summed E-state index contributed by atoms with van der Waals surface area (Å²) in [6.07, 6.45) is 4.26. The van der Waals surface area contributed by atoms with E-state index < -0.39 is 0 Å². The number of amides is 1. The number of aromatic nitrogens is 3. The third-order valence-electron chi connectivity index (χ3n) is 5.57. The van der Waals surface area contributed by atoms with E-state index in [4.69, 9.17) is 13.9 Å². The van der Waals surface area contributed by atoms with Gasteiger partial charge in [0.15, 0.2) is 22.5 Å². The first-order chi connectivity index (χ1) is 16.5. The summed E-state index contributed by atoms with van der Waals surface area (Å²) in [5, 5.41) is 12.5. The number of hydrogen-bond acceptors (Lipinski definition) is 7. The van der Waals surface area contributed by atoms with E-state index in [2.05, 4.69) is 35.9 Å². The molecule has 4 rings (SSSR count). The molecule has 3 aromatic rings. The van der Waals surface area contributed by atoms with Crippen molar-refractivity contribution in [2.45, 2.75) is 44.9 Å². The van der Waals surface area contributed by atoms with Gasteiger partial charge in [0.2, 0.25) is 5.91 Å². The van der Waals surface area contributed by atoms with E-state index in [1.807, 2.05) is 35.8 Å². The molecule has 1 aliphatic heterocycles. The molecule has 2 aromatic heterocycles. The maximum absolute atomic E-state index is 12.9. The Bertz CT molecular complexity index is 1150. The quantitative estimate of drug-likeness (QED) is 0.346. The minimum atomic E-state index is -0.152. The molecular weight excluding hydrogens is 452 g/mol. The topological polar surface area (TPSA) is 91.4 Å². The van der Waals surface area contributed by atoms with E-state index in [0.29, 0.717) is 30.7 Å². The van der Waals surface area contributed by atoms with Crippen LogP contribution < -0.4 is 14.8 Å². The number of furan rings is 1. The van der Waals surface area contributed by atoms with Crippen molar-refractivity contribution in [1.29, 1.82) is 0 Å². The Morgan fingerprint density at radius 2 is 2.03 bits per heavy atom. The zero-order valence-corrected chi connectivity index (χ0v) is 20.6. The fourth-order valence-corrected chi connectivity index (χ4v) is 4.62. The van der Waals surface area contributed by atoms with Gasteiger partial charge in [-0.05, 0) is 36.6 Å². The highest BCUT2D eigenvalue weighted by Crippen LogP contribution is 2.34. The number of carbonyl (C=O) groups excluding carboxylic acids is 1. The van der Waals surface area contributed by atoms with Gasteiger partial charge in [0.1, 0.15) is 5.76 Å². The van der Waals surface area contributed by atoms with Crippen molar-refractivity contribution in [1.82, 2.24) is 20.1 Å². The maximum Gasteiger partial charge on any atom is 0.230 e. The molecule has 0 radical (unpaired) electrons. The standard InChI is InChI=1S/C25H30N4O4S/c1-5-10-29-24(19-9-13-31-17(19)4)27-28-25(29)34-15-22(30)26-23(16(2)3)18-7-8-20-21(14-18)33-12-6-11-32-20/h5,7-9,13-14,16,23H,1,6,10-12,15H2,2-4H3,(H,26,30)/t23-/m0/s1. The summed E-state index contributed by atoms with van der Waals surface area (Å²) in [5.74, 6) is 3.26. The molecule has 0 bridgehead atoms. The maximum atomic E-state index is 12.9. The Kier molecular flexibility index (Phi) is 7.62. The molecule has 1 atom stereocenters. The molecule has 0 unspecified atom stereocenters. The van der Waals surface area contributed by atoms with Gasteiger partial charge >= 0.3 is 0 Å². The van der Waals surface area contributed by atoms with Crippen LogP contribution in [0.1, 0.15) is 37.6 Å². The lowest BCUT2D eigenvalue weighted by Crippen LogP contribution is -2.33. The lowest BCUT2D eigenvalue weighted by atomic mass is 9.95. The largest absolute Gasteiger partial charge is 0.490 e. The summed E-state index contributed by atoms with van der Waals surface area (Å²) in [5.41, 5.74) is 1.87. The van der Waals surface area contributed by atoms with Gasteiger partial charge in [-0.1, -0.05) is 37.8 Å². The van der Waals surface area contributed by atoms with E-state index >= 15 is 0 Å². The average Bonchev–Trinajstić information content (AvgIpc) is 3.33.